The second-order valence-electron chi connectivity index (χ2n) is 5.75. The van der Waals surface area contributed by atoms with Gasteiger partial charge in [-0.15, -0.1) is 0 Å². The standard InChI is InChI=1S/C14H26N2O3/c17-11-10-16(12-4-2-1-3-5-12)13-6-8-15(9-7-13)14(18)19/h12-13,17H,1-11H2,(H,18,19). The molecule has 19 heavy (non-hydrogen) atoms. The number of carbonyl (C=O) groups is 1. The third kappa shape index (κ3) is 3.83. The largest absolute Gasteiger partial charge is 0.465 e. The number of hydrogen-bond acceptors (Lipinski definition) is 3. The third-order valence-corrected chi connectivity index (χ3v) is 4.61. The quantitative estimate of drug-likeness (QED) is 0.817. The zero-order valence-electron chi connectivity index (χ0n) is 11.6. The van der Waals surface area contributed by atoms with E-state index in [1.54, 1.807) is 0 Å². The molecular formula is C14H26N2O3. The summed E-state index contributed by atoms with van der Waals surface area (Å²) in [6.45, 7) is 2.21. The number of carboxylic acid groups (broad SMARTS) is 1. The molecule has 1 aliphatic carbocycles. The summed E-state index contributed by atoms with van der Waals surface area (Å²) < 4.78 is 0. The fraction of sp³-hybridized carbons (Fsp3) is 0.929. The molecule has 0 aromatic rings. The van der Waals surface area contributed by atoms with E-state index in [1.165, 1.54) is 37.0 Å². The predicted molar refractivity (Wildman–Crippen MR) is 73.3 cm³/mol. The van der Waals surface area contributed by atoms with Crippen LogP contribution in [0.2, 0.25) is 0 Å². The van der Waals surface area contributed by atoms with E-state index in [2.05, 4.69) is 4.90 Å². The van der Waals surface area contributed by atoms with Crippen molar-refractivity contribution in [1.82, 2.24) is 9.80 Å². The van der Waals surface area contributed by atoms with Gasteiger partial charge in [-0.05, 0) is 25.7 Å². The molecule has 5 nitrogen and oxygen atoms in total. The first-order valence-corrected chi connectivity index (χ1v) is 7.57. The number of amides is 1. The van der Waals surface area contributed by atoms with Crippen LogP contribution in [0.5, 0.6) is 0 Å². The lowest BCUT2D eigenvalue weighted by Crippen LogP contribution is -2.51. The van der Waals surface area contributed by atoms with Crippen molar-refractivity contribution < 1.29 is 15.0 Å². The van der Waals surface area contributed by atoms with E-state index in [4.69, 9.17) is 5.11 Å². The van der Waals surface area contributed by atoms with Crippen molar-refractivity contribution in [2.75, 3.05) is 26.2 Å². The molecule has 2 rings (SSSR count). The smallest absolute Gasteiger partial charge is 0.407 e. The lowest BCUT2D eigenvalue weighted by Gasteiger charge is -2.43. The van der Waals surface area contributed by atoms with Crippen LogP contribution in [0, 0.1) is 0 Å². The summed E-state index contributed by atoms with van der Waals surface area (Å²) in [5.74, 6) is 0. The summed E-state index contributed by atoms with van der Waals surface area (Å²) >= 11 is 0. The van der Waals surface area contributed by atoms with Crippen LogP contribution < -0.4 is 0 Å². The second kappa shape index (κ2) is 7.10. The van der Waals surface area contributed by atoms with Crippen molar-refractivity contribution in [3.8, 4) is 0 Å². The molecule has 1 saturated heterocycles. The summed E-state index contributed by atoms with van der Waals surface area (Å²) in [7, 11) is 0. The SMILES string of the molecule is O=C(O)N1CCC(N(CCO)C2CCCCC2)CC1. The van der Waals surface area contributed by atoms with Crippen LogP contribution in [0.25, 0.3) is 0 Å². The minimum atomic E-state index is -0.801. The fourth-order valence-corrected chi connectivity index (χ4v) is 3.58. The molecule has 2 N–H and O–H groups in total. The molecule has 0 unspecified atom stereocenters. The molecule has 110 valence electrons. The van der Waals surface area contributed by atoms with Crippen molar-refractivity contribution in [3.63, 3.8) is 0 Å². The highest BCUT2D eigenvalue weighted by Crippen LogP contribution is 2.27. The first kappa shape index (κ1) is 14.6. The number of hydrogen-bond donors (Lipinski definition) is 2. The van der Waals surface area contributed by atoms with Crippen molar-refractivity contribution >= 4 is 6.09 Å². The monoisotopic (exact) mass is 270 g/mol. The normalized spacial score (nSPS) is 22.9. The summed E-state index contributed by atoms with van der Waals surface area (Å²) in [6, 6.07) is 1.05. The first-order chi connectivity index (χ1) is 9.22. The number of aliphatic hydroxyl groups excluding tert-OH is 1. The number of rotatable bonds is 4. The molecule has 1 saturated carbocycles. The Balaban J connectivity index is 1.90. The van der Waals surface area contributed by atoms with Crippen molar-refractivity contribution in [2.45, 2.75) is 57.0 Å². The molecule has 0 aromatic heterocycles. The Morgan fingerprint density at radius 1 is 1.05 bits per heavy atom. The Morgan fingerprint density at radius 2 is 1.63 bits per heavy atom. The molecule has 2 fully saturated rings. The molecule has 0 spiro atoms. The van der Waals surface area contributed by atoms with Crippen LogP contribution in [0.3, 0.4) is 0 Å². The van der Waals surface area contributed by atoms with E-state index in [1.807, 2.05) is 0 Å². The van der Waals surface area contributed by atoms with Gasteiger partial charge < -0.3 is 15.1 Å². The van der Waals surface area contributed by atoms with Crippen LogP contribution in [-0.2, 0) is 0 Å². The lowest BCUT2D eigenvalue weighted by molar-refractivity contribution is 0.0437. The van der Waals surface area contributed by atoms with E-state index in [-0.39, 0.29) is 6.61 Å². The van der Waals surface area contributed by atoms with Crippen LogP contribution in [0.15, 0.2) is 0 Å². The van der Waals surface area contributed by atoms with Gasteiger partial charge in [-0.3, -0.25) is 4.90 Å². The van der Waals surface area contributed by atoms with Crippen molar-refractivity contribution in [1.29, 1.82) is 0 Å². The Labute approximate surface area is 115 Å². The molecule has 1 amide bonds. The van der Waals surface area contributed by atoms with Gasteiger partial charge in [0, 0.05) is 31.7 Å². The van der Waals surface area contributed by atoms with Gasteiger partial charge in [-0.1, -0.05) is 19.3 Å². The van der Waals surface area contributed by atoms with E-state index < -0.39 is 6.09 Å². The molecule has 1 aliphatic heterocycles. The maximum atomic E-state index is 10.9. The minimum absolute atomic E-state index is 0.204. The predicted octanol–water partition coefficient (Wildman–Crippen LogP) is 1.76. The van der Waals surface area contributed by atoms with Gasteiger partial charge >= 0.3 is 6.09 Å². The molecule has 0 atom stereocenters. The van der Waals surface area contributed by atoms with Gasteiger partial charge in [-0.2, -0.15) is 0 Å². The highest BCUT2D eigenvalue weighted by atomic mass is 16.4. The van der Waals surface area contributed by atoms with Gasteiger partial charge in [-0.25, -0.2) is 4.79 Å². The Bertz CT molecular complexity index is 284. The van der Waals surface area contributed by atoms with Crippen LogP contribution in [-0.4, -0.2) is 64.4 Å². The molecule has 0 radical (unpaired) electrons. The molecule has 0 bridgehead atoms. The highest BCUT2D eigenvalue weighted by molar-refractivity contribution is 5.65. The Kier molecular flexibility index (Phi) is 5.45. The van der Waals surface area contributed by atoms with Gasteiger partial charge in [0.2, 0.25) is 0 Å². The van der Waals surface area contributed by atoms with E-state index >= 15 is 0 Å². The average Bonchev–Trinajstić information content (AvgIpc) is 2.46. The topological polar surface area (TPSA) is 64.0 Å². The number of likely N-dealkylation sites (tertiary alicyclic amines) is 1. The van der Waals surface area contributed by atoms with Crippen LogP contribution in [0.1, 0.15) is 44.9 Å². The van der Waals surface area contributed by atoms with Crippen LogP contribution >= 0.6 is 0 Å². The Morgan fingerprint density at radius 3 is 2.16 bits per heavy atom. The molecular weight excluding hydrogens is 244 g/mol. The number of aliphatic hydroxyl groups is 1. The van der Waals surface area contributed by atoms with E-state index in [9.17, 15) is 9.90 Å². The molecule has 0 aromatic carbocycles. The summed E-state index contributed by atoms with van der Waals surface area (Å²) in [6.07, 6.45) is 7.40. The van der Waals surface area contributed by atoms with E-state index in [0.717, 1.165) is 19.4 Å². The second-order valence-corrected chi connectivity index (χ2v) is 5.75. The molecule has 1 heterocycles. The average molecular weight is 270 g/mol. The van der Waals surface area contributed by atoms with Crippen LogP contribution in [0.4, 0.5) is 4.79 Å². The maximum Gasteiger partial charge on any atom is 0.407 e. The first-order valence-electron chi connectivity index (χ1n) is 7.57. The minimum Gasteiger partial charge on any atom is -0.465 e. The van der Waals surface area contributed by atoms with Crippen molar-refractivity contribution in [3.05, 3.63) is 0 Å². The Hall–Kier alpha value is -0.810. The fourth-order valence-electron chi connectivity index (χ4n) is 3.58. The number of nitrogens with zero attached hydrogens (tertiary/aromatic N) is 2. The van der Waals surface area contributed by atoms with Gasteiger partial charge in [0.05, 0.1) is 6.61 Å². The van der Waals surface area contributed by atoms with Gasteiger partial charge in [0.25, 0.3) is 0 Å². The van der Waals surface area contributed by atoms with Gasteiger partial charge in [0.15, 0.2) is 0 Å². The zero-order valence-corrected chi connectivity index (χ0v) is 11.6. The summed E-state index contributed by atoms with van der Waals surface area (Å²) in [5.41, 5.74) is 0. The van der Waals surface area contributed by atoms with Crippen molar-refractivity contribution in [2.24, 2.45) is 0 Å². The molecule has 2 aliphatic rings. The molecule has 5 heteroatoms. The lowest BCUT2D eigenvalue weighted by atomic mass is 9.91. The maximum absolute atomic E-state index is 10.9. The summed E-state index contributed by atoms with van der Waals surface area (Å²) in [4.78, 5) is 14.9. The van der Waals surface area contributed by atoms with E-state index in [0.29, 0.717) is 25.2 Å². The highest BCUT2D eigenvalue weighted by Gasteiger charge is 2.31. The zero-order chi connectivity index (χ0) is 13.7. The third-order valence-electron chi connectivity index (χ3n) is 4.61. The number of piperidine rings is 1. The summed E-state index contributed by atoms with van der Waals surface area (Å²) in [5, 5.41) is 18.3. The van der Waals surface area contributed by atoms with Gasteiger partial charge in [0.1, 0.15) is 0 Å².